The van der Waals surface area contributed by atoms with Crippen LogP contribution < -0.4 is 18.9 Å². The third kappa shape index (κ3) is 2.40. The molecule has 1 aliphatic carbocycles. The Kier molecular flexibility index (Phi) is 4.48. The van der Waals surface area contributed by atoms with E-state index in [2.05, 4.69) is 0 Å². The third-order valence-corrected chi connectivity index (χ3v) is 6.58. The number of fused-ring (bicyclic) bond motifs is 2. The quantitative estimate of drug-likeness (QED) is 0.636. The molecule has 3 N–H and O–H groups in total. The van der Waals surface area contributed by atoms with Gasteiger partial charge in [0.05, 0.1) is 28.4 Å². The molecular weight excluding hydrogens is 392 g/mol. The van der Waals surface area contributed by atoms with Crippen molar-refractivity contribution < 1.29 is 39.0 Å². The molecular formula is C22H26O8. The van der Waals surface area contributed by atoms with Gasteiger partial charge in [-0.2, -0.15) is 0 Å². The molecule has 0 amide bonds. The maximum atomic E-state index is 11.2. The van der Waals surface area contributed by atoms with Crippen LogP contribution in [0, 0.1) is 0 Å². The lowest BCUT2D eigenvalue weighted by atomic mass is 9.66. The van der Waals surface area contributed by atoms with Crippen LogP contribution in [0.4, 0.5) is 0 Å². The molecule has 8 heteroatoms. The second kappa shape index (κ2) is 6.58. The monoisotopic (exact) mass is 418 g/mol. The Bertz CT molecular complexity index is 994. The van der Waals surface area contributed by atoms with Crippen molar-refractivity contribution in [2.24, 2.45) is 0 Å². The van der Waals surface area contributed by atoms with E-state index in [0.717, 1.165) is 5.56 Å². The summed E-state index contributed by atoms with van der Waals surface area (Å²) in [6.45, 7) is 3.74. The van der Waals surface area contributed by atoms with E-state index in [1.54, 1.807) is 18.2 Å². The number of ether oxygens (including phenoxy) is 5. The molecule has 0 radical (unpaired) electrons. The first-order valence-corrected chi connectivity index (χ1v) is 9.49. The van der Waals surface area contributed by atoms with Crippen molar-refractivity contribution in [2.45, 2.75) is 37.1 Å². The SMILES string of the molecule is COc1cc([C@@H]2c3cc(OC)c(O)c(OC)c3[C@H](O)[C@]3(C)O[C@]23C)cc(OC)c1O. The molecule has 162 valence electrons. The number of hydrogen-bond donors (Lipinski definition) is 3. The Morgan fingerprint density at radius 3 is 1.83 bits per heavy atom. The van der Waals surface area contributed by atoms with Gasteiger partial charge in [0.1, 0.15) is 17.3 Å². The molecule has 0 spiro atoms. The Balaban J connectivity index is 2.04. The normalized spacial score (nSPS) is 28.9. The van der Waals surface area contributed by atoms with E-state index in [0.29, 0.717) is 11.1 Å². The summed E-state index contributed by atoms with van der Waals surface area (Å²) >= 11 is 0. The number of phenols is 2. The number of epoxide rings is 1. The first kappa shape index (κ1) is 20.4. The average Bonchev–Trinajstić information content (AvgIpc) is 3.32. The zero-order valence-electron chi connectivity index (χ0n) is 17.8. The number of phenolic OH excluding ortho intramolecular Hbond substituents is 2. The van der Waals surface area contributed by atoms with Crippen LogP contribution in [0.2, 0.25) is 0 Å². The Morgan fingerprint density at radius 2 is 1.33 bits per heavy atom. The zero-order chi connectivity index (χ0) is 22.0. The molecule has 1 aliphatic heterocycles. The van der Waals surface area contributed by atoms with Gasteiger partial charge in [0.2, 0.25) is 11.5 Å². The fourth-order valence-electron chi connectivity index (χ4n) is 4.78. The maximum Gasteiger partial charge on any atom is 0.201 e. The van der Waals surface area contributed by atoms with Crippen LogP contribution in [-0.4, -0.2) is 55.0 Å². The molecule has 1 fully saturated rings. The lowest BCUT2D eigenvalue weighted by molar-refractivity contribution is 0.0805. The predicted octanol–water partition coefficient (Wildman–Crippen LogP) is 2.86. The van der Waals surface area contributed by atoms with Crippen LogP contribution in [0.5, 0.6) is 34.5 Å². The zero-order valence-corrected chi connectivity index (χ0v) is 17.8. The van der Waals surface area contributed by atoms with Crippen molar-refractivity contribution in [3.05, 3.63) is 34.9 Å². The van der Waals surface area contributed by atoms with E-state index in [9.17, 15) is 15.3 Å². The largest absolute Gasteiger partial charge is 0.502 e. The smallest absolute Gasteiger partial charge is 0.201 e. The van der Waals surface area contributed by atoms with E-state index >= 15 is 0 Å². The van der Waals surface area contributed by atoms with Gasteiger partial charge in [0.25, 0.3) is 0 Å². The molecule has 0 saturated carbocycles. The predicted molar refractivity (Wildman–Crippen MR) is 107 cm³/mol. The summed E-state index contributed by atoms with van der Waals surface area (Å²) in [5, 5.41) is 32.1. The minimum Gasteiger partial charge on any atom is -0.502 e. The summed E-state index contributed by atoms with van der Waals surface area (Å²) in [5.74, 6) is 0.163. The average molecular weight is 418 g/mol. The van der Waals surface area contributed by atoms with Crippen molar-refractivity contribution in [3.8, 4) is 34.5 Å². The summed E-state index contributed by atoms with van der Waals surface area (Å²) < 4.78 is 27.6. The Hall–Kier alpha value is -2.84. The molecule has 2 aromatic carbocycles. The molecule has 2 aliphatic rings. The van der Waals surface area contributed by atoms with Crippen molar-refractivity contribution in [1.29, 1.82) is 0 Å². The molecule has 4 rings (SSSR count). The summed E-state index contributed by atoms with van der Waals surface area (Å²) in [7, 11) is 5.79. The summed E-state index contributed by atoms with van der Waals surface area (Å²) in [6, 6.07) is 5.10. The second-order valence-corrected chi connectivity index (χ2v) is 7.89. The number of aliphatic hydroxyl groups is 1. The molecule has 1 heterocycles. The Morgan fingerprint density at radius 1 is 0.800 bits per heavy atom. The van der Waals surface area contributed by atoms with Gasteiger partial charge < -0.3 is 39.0 Å². The minimum atomic E-state index is -1.03. The van der Waals surface area contributed by atoms with Crippen LogP contribution in [0.1, 0.15) is 42.6 Å². The number of aliphatic hydroxyl groups excluding tert-OH is 1. The van der Waals surface area contributed by atoms with Gasteiger partial charge in [-0.15, -0.1) is 0 Å². The highest BCUT2D eigenvalue weighted by Crippen LogP contribution is 2.69. The number of benzene rings is 2. The van der Waals surface area contributed by atoms with Gasteiger partial charge in [0, 0.05) is 11.5 Å². The van der Waals surface area contributed by atoms with Crippen molar-refractivity contribution >= 4 is 0 Å². The van der Waals surface area contributed by atoms with Crippen LogP contribution in [0.15, 0.2) is 18.2 Å². The van der Waals surface area contributed by atoms with E-state index < -0.39 is 23.2 Å². The van der Waals surface area contributed by atoms with Gasteiger partial charge in [-0.05, 0) is 43.2 Å². The highest BCUT2D eigenvalue weighted by atomic mass is 16.6. The fraction of sp³-hybridized carbons (Fsp3) is 0.455. The number of rotatable bonds is 5. The van der Waals surface area contributed by atoms with Gasteiger partial charge in [0.15, 0.2) is 23.0 Å². The molecule has 0 bridgehead atoms. The molecule has 2 aromatic rings. The van der Waals surface area contributed by atoms with Crippen molar-refractivity contribution in [3.63, 3.8) is 0 Å². The molecule has 1 saturated heterocycles. The molecule has 0 aromatic heterocycles. The van der Waals surface area contributed by atoms with Crippen molar-refractivity contribution in [1.82, 2.24) is 0 Å². The second-order valence-electron chi connectivity index (χ2n) is 7.89. The van der Waals surface area contributed by atoms with Crippen molar-refractivity contribution in [2.75, 3.05) is 28.4 Å². The molecule has 0 unspecified atom stereocenters. The first-order valence-electron chi connectivity index (χ1n) is 9.49. The van der Waals surface area contributed by atoms with Gasteiger partial charge in [-0.3, -0.25) is 0 Å². The first-order chi connectivity index (χ1) is 14.2. The fourth-order valence-corrected chi connectivity index (χ4v) is 4.78. The maximum absolute atomic E-state index is 11.2. The molecule has 30 heavy (non-hydrogen) atoms. The number of aromatic hydroxyl groups is 2. The minimum absolute atomic E-state index is 0.106. The van der Waals surface area contributed by atoms with Gasteiger partial charge in [-0.25, -0.2) is 0 Å². The standard InChI is InChI=1S/C22H26O8/c1-21-16(10-7-12(26-3)17(23)13(8-10)27-4)11-9-14(28-5)18(24)19(29-6)15(11)20(25)22(21,2)30-21/h7-9,16,20,23-25H,1-6H3/t16-,20+,21-,22+/m1/s1. The van der Waals surface area contributed by atoms with E-state index in [-0.39, 0.29) is 34.5 Å². The summed E-state index contributed by atoms with van der Waals surface area (Å²) in [5.41, 5.74) is 0.192. The molecule has 8 nitrogen and oxygen atoms in total. The number of methoxy groups -OCH3 is 4. The third-order valence-electron chi connectivity index (χ3n) is 6.58. The summed E-state index contributed by atoms with van der Waals surface area (Å²) in [6.07, 6.45) is -1.03. The summed E-state index contributed by atoms with van der Waals surface area (Å²) in [4.78, 5) is 0. The molecule has 4 atom stereocenters. The number of hydrogen-bond acceptors (Lipinski definition) is 8. The van der Waals surface area contributed by atoms with Crippen LogP contribution >= 0.6 is 0 Å². The van der Waals surface area contributed by atoms with Crippen LogP contribution in [-0.2, 0) is 4.74 Å². The highest BCUT2D eigenvalue weighted by molar-refractivity contribution is 5.66. The lowest BCUT2D eigenvalue weighted by Gasteiger charge is -2.36. The van der Waals surface area contributed by atoms with Crippen LogP contribution in [0.25, 0.3) is 0 Å². The van der Waals surface area contributed by atoms with E-state index in [1.807, 2.05) is 13.8 Å². The Labute approximate surface area is 174 Å². The van der Waals surface area contributed by atoms with Gasteiger partial charge in [-0.1, -0.05) is 0 Å². The topological polar surface area (TPSA) is 110 Å². The lowest BCUT2D eigenvalue weighted by Crippen LogP contribution is -2.38. The van der Waals surface area contributed by atoms with E-state index in [1.165, 1.54) is 28.4 Å². The van der Waals surface area contributed by atoms with Crippen LogP contribution in [0.3, 0.4) is 0 Å². The van der Waals surface area contributed by atoms with Gasteiger partial charge >= 0.3 is 0 Å². The highest BCUT2D eigenvalue weighted by Gasteiger charge is 2.74. The van der Waals surface area contributed by atoms with E-state index in [4.69, 9.17) is 23.7 Å².